The van der Waals surface area contributed by atoms with Gasteiger partial charge in [0, 0.05) is 16.0 Å². The van der Waals surface area contributed by atoms with E-state index >= 15 is 0 Å². The molecule has 130 valence electrons. The molecule has 0 saturated heterocycles. The Hall–Kier alpha value is -2.11. The van der Waals surface area contributed by atoms with Gasteiger partial charge in [0.15, 0.2) is 0 Å². The molecule has 1 amide bonds. The van der Waals surface area contributed by atoms with Gasteiger partial charge in [-0.3, -0.25) is 4.79 Å². The molecule has 1 heterocycles. The Kier molecular flexibility index (Phi) is 5.25. The Labute approximate surface area is 155 Å². The first-order chi connectivity index (χ1) is 11.9. The van der Waals surface area contributed by atoms with Crippen LogP contribution in [-0.4, -0.2) is 17.0 Å². The highest BCUT2D eigenvalue weighted by atomic mass is 35.5. The molecule has 0 radical (unpaired) electrons. The highest BCUT2D eigenvalue weighted by Crippen LogP contribution is 2.39. The number of halogens is 1. The summed E-state index contributed by atoms with van der Waals surface area (Å²) >= 11 is 7.21. The van der Waals surface area contributed by atoms with Crippen LogP contribution in [0.1, 0.15) is 39.7 Å². The maximum absolute atomic E-state index is 12.2. The third-order valence-electron chi connectivity index (χ3n) is 4.26. The average molecular weight is 376 g/mol. The van der Waals surface area contributed by atoms with Gasteiger partial charge in [-0.15, -0.1) is 11.3 Å². The number of amides is 1. The van der Waals surface area contributed by atoms with Gasteiger partial charge in [-0.05, 0) is 54.5 Å². The SMILES string of the molecule is CC1CCc2c(sc(NC(=O)/C=C/c3ccc(Cl)cc3)c2C(=O)O)C1. The van der Waals surface area contributed by atoms with Gasteiger partial charge in [0.2, 0.25) is 5.91 Å². The monoisotopic (exact) mass is 375 g/mol. The number of carbonyl (C=O) groups is 2. The van der Waals surface area contributed by atoms with Crippen LogP contribution in [0.5, 0.6) is 0 Å². The number of rotatable bonds is 4. The molecule has 25 heavy (non-hydrogen) atoms. The van der Waals surface area contributed by atoms with Crippen molar-refractivity contribution in [3.63, 3.8) is 0 Å². The first-order valence-electron chi connectivity index (χ1n) is 8.06. The van der Waals surface area contributed by atoms with Crippen LogP contribution in [0.4, 0.5) is 5.00 Å². The first-order valence-corrected chi connectivity index (χ1v) is 9.26. The van der Waals surface area contributed by atoms with E-state index in [1.165, 1.54) is 17.4 Å². The standard InChI is InChI=1S/C19H18ClNO3S/c1-11-2-8-14-15(10-11)25-18(17(14)19(23)24)21-16(22)9-5-12-3-6-13(20)7-4-12/h3-7,9,11H,2,8,10H2,1H3,(H,21,22)(H,23,24)/b9-5+. The third-order valence-corrected chi connectivity index (χ3v) is 5.68. The molecule has 2 aromatic rings. The van der Waals surface area contributed by atoms with Gasteiger partial charge < -0.3 is 10.4 Å². The molecule has 0 aliphatic heterocycles. The molecule has 1 aliphatic rings. The molecule has 2 N–H and O–H groups in total. The van der Waals surface area contributed by atoms with Crippen LogP contribution in [0, 0.1) is 5.92 Å². The summed E-state index contributed by atoms with van der Waals surface area (Å²) in [4.78, 5) is 24.9. The summed E-state index contributed by atoms with van der Waals surface area (Å²) in [6, 6.07) is 7.10. The lowest BCUT2D eigenvalue weighted by Gasteiger charge is -2.17. The number of anilines is 1. The van der Waals surface area contributed by atoms with Crippen molar-refractivity contribution < 1.29 is 14.7 Å². The number of carboxylic acids is 1. The van der Waals surface area contributed by atoms with E-state index in [-0.39, 0.29) is 11.5 Å². The lowest BCUT2D eigenvalue weighted by molar-refractivity contribution is -0.111. The number of nitrogens with one attached hydrogen (secondary N) is 1. The number of aromatic carboxylic acids is 1. The van der Waals surface area contributed by atoms with Crippen molar-refractivity contribution in [3.05, 3.63) is 56.9 Å². The lowest BCUT2D eigenvalue weighted by atomic mass is 9.88. The Bertz CT molecular complexity index is 839. The molecule has 0 bridgehead atoms. The lowest BCUT2D eigenvalue weighted by Crippen LogP contribution is -2.13. The van der Waals surface area contributed by atoms with Crippen LogP contribution >= 0.6 is 22.9 Å². The maximum atomic E-state index is 12.2. The second kappa shape index (κ2) is 7.42. The molecular weight excluding hydrogens is 358 g/mol. The smallest absolute Gasteiger partial charge is 0.339 e. The fourth-order valence-electron chi connectivity index (χ4n) is 2.96. The summed E-state index contributed by atoms with van der Waals surface area (Å²) in [5.41, 5.74) is 1.98. The first kappa shape index (κ1) is 17.7. The molecule has 1 aromatic heterocycles. The normalized spacial score (nSPS) is 16.6. The topological polar surface area (TPSA) is 66.4 Å². The van der Waals surface area contributed by atoms with Crippen molar-refractivity contribution in [2.75, 3.05) is 5.32 Å². The number of fused-ring (bicyclic) bond motifs is 1. The molecule has 1 unspecified atom stereocenters. The molecule has 1 aromatic carbocycles. The summed E-state index contributed by atoms with van der Waals surface area (Å²) in [6.45, 7) is 2.16. The Balaban J connectivity index is 1.79. The second-order valence-electron chi connectivity index (χ2n) is 6.24. The van der Waals surface area contributed by atoms with Crippen LogP contribution in [0.3, 0.4) is 0 Å². The fraction of sp³-hybridized carbons (Fsp3) is 0.263. The number of benzene rings is 1. The van der Waals surface area contributed by atoms with Crippen LogP contribution < -0.4 is 5.32 Å². The minimum absolute atomic E-state index is 0.250. The van der Waals surface area contributed by atoms with Crippen molar-refractivity contribution >= 4 is 45.9 Å². The van der Waals surface area contributed by atoms with Crippen molar-refractivity contribution in [2.45, 2.75) is 26.2 Å². The highest BCUT2D eigenvalue weighted by molar-refractivity contribution is 7.17. The number of hydrogen-bond acceptors (Lipinski definition) is 3. The summed E-state index contributed by atoms with van der Waals surface area (Å²) in [5.74, 6) is -0.783. The van der Waals surface area contributed by atoms with Gasteiger partial charge in [0.1, 0.15) is 5.00 Å². The molecular formula is C19H18ClNO3S. The Morgan fingerprint density at radius 3 is 2.72 bits per heavy atom. The van der Waals surface area contributed by atoms with Crippen LogP contribution in [0.25, 0.3) is 6.08 Å². The summed E-state index contributed by atoms with van der Waals surface area (Å²) in [5, 5.41) is 13.3. The van der Waals surface area contributed by atoms with Gasteiger partial charge in [-0.2, -0.15) is 0 Å². The highest BCUT2D eigenvalue weighted by Gasteiger charge is 2.27. The van der Waals surface area contributed by atoms with E-state index in [1.807, 2.05) is 0 Å². The predicted octanol–water partition coefficient (Wildman–Crippen LogP) is 4.88. The van der Waals surface area contributed by atoms with E-state index in [4.69, 9.17) is 11.6 Å². The van der Waals surface area contributed by atoms with Crippen molar-refractivity contribution in [3.8, 4) is 0 Å². The van der Waals surface area contributed by atoms with E-state index in [9.17, 15) is 14.7 Å². The van der Waals surface area contributed by atoms with Crippen LogP contribution in [0.15, 0.2) is 30.3 Å². The quantitative estimate of drug-likeness (QED) is 0.748. The van der Waals surface area contributed by atoms with Crippen LogP contribution in [-0.2, 0) is 17.6 Å². The minimum atomic E-state index is -0.982. The molecule has 4 nitrogen and oxygen atoms in total. The summed E-state index contributed by atoms with van der Waals surface area (Å²) in [6.07, 6.45) is 5.67. The number of carboxylic acid groups (broad SMARTS) is 1. The van der Waals surface area contributed by atoms with E-state index in [2.05, 4.69) is 12.2 Å². The van der Waals surface area contributed by atoms with E-state index in [0.717, 1.165) is 35.3 Å². The van der Waals surface area contributed by atoms with Crippen LogP contribution in [0.2, 0.25) is 5.02 Å². The second-order valence-corrected chi connectivity index (χ2v) is 7.78. The van der Waals surface area contributed by atoms with E-state index < -0.39 is 5.97 Å². The fourth-order valence-corrected chi connectivity index (χ4v) is 4.50. The molecule has 6 heteroatoms. The maximum Gasteiger partial charge on any atom is 0.339 e. The molecule has 0 spiro atoms. The van der Waals surface area contributed by atoms with Crippen molar-refractivity contribution in [2.24, 2.45) is 5.92 Å². The Morgan fingerprint density at radius 1 is 1.32 bits per heavy atom. The average Bonchev–Trinajstić information content (AvgIpc) is 2.91. The molecule has 3 rings (SSSR count). The van der Waals surface area contributed by atoms with Gasteiger partial charge in [0.05, 0.1) is 5.56 Å². The minimum Gasteiger partial charge on any atom is -0.478 e. The largest absolute Gasteiger partial charge is 0.478 e. The summed E-state index contributed by atoms with van der Waals surface area (Å²) in [7, 11) is 0. The van der Waals surface area contributed by atoms with E-state index in [0.29, 0.717) is 15.9 Å². The van der Waals surface area contributed by atoms with Crippen molar-refractivity contribution in [1.82, 2.24) is 0 Å². The zero-order valence-corrected chi connectivity index (χ0v) is 15.3. The Morgan fingerprint density at radius 2 is 2.04 bits per heavy atom. The zero-order chi connectivity index (χ0) is 18.0. The van der Waals surface area contributed by atoms with Gasteiger partial charge in [-0.25, -0.2) is 4.79 Å². The molecule has 0 fully saturated rings. The van der Waals surface area contributed by atoms with Gasteiger partial charge in [-0.1, -0.05) is 30.7 Å². The summed E-state index contributed by atoms with van der Waals surface area (Å²) < 4.78 is 0. The number of thiophene rings is 1. The predicted molar refractivity (Wildman–Crippen MR) is 102 cm³/mol. The molecule has 1 aliphatic carbocycles. The molecule has 1 atom stereocenters. The zero-order valence-electron chi connectivity index (χ0n) is 13.7. The van der Waals surface area contributed by atoms with Crippen molar-refractivity contribution in [1.29, 1.82) is 0 Å². The number of hydrogen-bond donors (Lipinski definition) is 2. The third kappa shape index (κ3) is 4.11. The van der Waals surface area contributed by atoms with Gasteiger partial charge in [0.25, 0.3) is 0 Å². The number of carbonyl (C=O) groups excluding carboxylic acids is 1. The van der Waals surface area contributed by atoms with E-state index in [1.54, 1.807) is 30.3 Å². The van der Waals surface area contributed by atoms with Gasteiger partial charge >= 0.3 is 5.97 Å². The molecule has 0 saturated carbocycles.